The third kappa shape index (κ3) is 4.86. The molecule has 5 amide bonds. The lowest BCUT2D eigenvalue weighted by molar-refractivity contribution is -0.122. The summed E-state index contributed by atoms with van der Waals surface area (Å²) in [7, 11) is 0. The predicted molar refractivity (Wildman–Crippen MR) is 164 cm³/mol. The Balaban J connectivity index is 1.41. The van der Waals surface area contributed by atoms with Crippen LogP contribution in [0, 0.1) is 20.8 Å². The molecule has 2 N–H and O–H groups in total. The van der Waals surface area contributed by atoms with Crippen molar-refractivity contribution in [1.29, 1.82) is 0 Å². The van der Waals surface area contributed by atoms with Crippen LogP contribution in [0.2, 0.25) is 0 Å². The average molecular weight is 579 g/mol. The lowest BCUT2D eigenvalue weighted by Gasteiger charge is -2.26. The third-order valence-electron chi connectivity index (χ3n) is 7.78. The van der Waals surface area contributed by atoms with Crippen LogP contribution >= 0.6 is 11.3 Å². The lowest BCUT2D eigenvalue weighted by atomic mass is 9.95. The van der Waals surface area contributed by atoms with Crippen LogP contribution in [0.5, 0.6) is 0 Å². The number of rotatable bonds is 5. The van der Waals surface area contributed by atoms with Crippen LogP contribution in [0.25, 0.3) is 11.1 Å². The molecule has 2 aromatic carbocycles. The van der Waals surface area contributed by atoms with Crippen LogP contribution < -0.4 is 15.5 Å². The van der Waals surface area contributed by atoms with Crippen LogP contribution in [-0.2, 0) is 22.4 Å². The van der Waals surface area contributed by atoms with Crippen LogP contribution in [0.3, 0.4) is 0 Å². The molecular weight excluding hydrogens is 548 g/mol. The van der Waals surface area contributed by atoms with Crippen molar-refractivity contribution in [3.8, 4) is 5.00 Å². The Kier molecular flexibility index (Phi) is 7.12. The number of thiophene rings is 1. The topological polar surface area (TPSA) is 101 Å². The number of benzene rings is 2. The van der Waals surface area contributed by atoms with E-state index in [9.17, 15) is 19.2 Å². The van der Waals surface area contributed by atoms with E-state index in [0.717, 1.165) is 63.8 Å². The monoisotopic (exact) mass is 578 g/mol. The minimum Gasteiger partial charge on any atom is -0.322 e. The Labute approximate surface area is 247 Å². The van der Waals surface area contributed by atoms with E-state index in [1.807, 2.05) is 55.7 Å². The molecule has 212 valence electrons. The first kappa shape index (κ1) is 27.4. The third-order valence-corrected chi connectivity index (χ3v) is 9.06. The molecule has 4 aromatic rings. The van der Waals surface area contributed by atoms with Gasteiger partial charge in [0.2, 0.25) is 0 Å². The number of aryl methyl sites for hydroxylation is 3. The number of carbonyl (C=O) groups is 4. The molecule has 0 spiro atoms. The van der Waals surface area contributed by atoms with E-state index in [-0.39, 0.29) is 11.5 Å². The average Bonchev–Trinajstić information content (AvgIpc) is 3.48. The molecule has 8 nitrogen and oxygen atoms in total. The summed E-state index contributed by atoms with van der Waals surface area (Å²) in [6.07, 6.45) is 5.41. The first-order valence-corrected chi connectivity index (χ1v) is 14.7. The molecule has 2 aromatic heterocycles. The Hall–Kier alpha value is -4.76. The highest BCUT2D eigenvalue weighted by molar-refractivity contribution is 7.15. The highest BCUT2D eigenvalue weighted by atomic mass is 32.1. The molecule has 2 aliphatic rings. The normalized spacial score (nSPS) is 16.0. The standard InChI is InChI=1S/C33H30N4O4S/c1-19-13-15-23(16-14-19)34-30(39)28-25-11-7-8-12-27(25)42-32(28)36-20(2)17-22(21(36)3)18-26-29(38)35-33(41)37(31(26)40)24-9-5-4-6-10-24/h4-6,9-10,13-18H,7-8,11-12H2,1-3H3,(H,34,39)(H,35,38,41)/b26-18+. The Morgan fingerprint density at radius 1 is 0.952 bits per heavy atom. The van der Waals surface area contributed by atoms with Crippen molar-refractivity contribution in [1.82, 2.24) is 9.88 Å². The summed E-state index contributed by atoms with van der Waals surface area (Å²) in [6, 6.07) is 17.3. The maximum atomic E-state index is 13.8. The zero-order valence-corrected chi connectivity index (χ0v) is 24.4. The van der Waals surface area contributed by atoms with Crippen molar-refractivity contribution >= 4 is 52.5 Å². The fourth-order valence-electron chi connectivity index (χ4n) is 5.64. The second-order valence-corrected chi connectivity index (χ2v) is 11.8. The van der Waals surface area contributed by atoms with Crippen molar-refractivity contribution in [2.45, 2.75) is 46.5 Å². The van der Waals surface area contributed by atoms with Gasteiger partial charge in [0, 0.05) is 22.0 Å². The SMILES string of the molecule is Cc1ccc(NC(=O)c2c(-n3c(C)cc(/C=C4\C(=O)NC(=O)N(c5ccccc5)C4=O)c3C)sc3c2CCCC3)cc1. The van der Waals surface area contributed by atoms with E-state index < -0.39 is 17.8 Å². The maximum absolute atomic E-state index is 13.8. The van der Waals surface area contributed by atoms with Crippen molar-refractivity contribution in [3.05, 3.63) is 105 Å². The minimum absolute atomic E-state index is 0.137. The number of hydrogen-bond donors (Lipinski definition) is 2. The van der Waals surface area contributed by atoms with E-state index in [2.05, 4.69) is 10.6 Å². The molecule has 1 saturated heterocycles. The fourth-order valence-corrected chi connectivity index (χ4v) is 7.14. The largest absolute Gasteiger partial charge is 0.335 e. The zero-order chi connectivity index (χ0) is 29.5. The summed E-state index contributed by atoms with van der Waals surface area (Å²) in [6.45, 7) is 5.86. The molecule has 0 atom stereocenters. The van der Waals surface area contributed by atoms with E-state index >= 15 is 0 Å². The highest BCUT2D eigenvalue weighted by Crippen LogP contribution is 2.39. The molecule has 0 radical (unpaired) electrons. The van der Waals surface area contributed by atoms with Crippen LogP contribution in [0.1, 0.15) is 56.2 Å². The predicted octanol–water partition coefficient (Wildman–Crippen LogP) is 6.26. The Morgan fingerprint density at radius 3 is 2.40 bits per heavy atom. The molecule has 3 heterocycles. The van der Waals surface area contributed by atoms with Gasteiger partial charge in [-0.2, -0.15) is 0 Å². The van der Waals surface area contributed by atoms with Crippen molar-refractivity contribution < 1.29 is 19.2 Å². The van der Waals surface area contributed by atoms with Crippen molar-refractivity contribution in [2.24, 2.45) is 0 Å². The Morgan fingerprint density at radius 2 is 1.67 bits per heavy atom. The van der Waals surface area contributed by atoms with Crippen LogP contribution in [0.15, 0.2) is 66.2 Å². The van der Waals surface area contributed by atoms with Gasteiger partial charge in [0.25, 0.3) is 17.7 Å². The lowest BCUT2D eigenvalue weighted by Crippen LogP contribution is -2.54. The quantitative estimate of drug-likeness (QED) is 0.216. The van der Waals surface area contributed by atoms with Gasteiger partial charge in [-0.25, -0.2) is 9.69 Å². The minimum atomic E-state index is -0.785. The molecule has 1 aliphatic carbocycles. The number of hydrogen-bond acceptors (Lipinski definition) is 5. The Bertz CT molecular complexity index is 1780. The van der Waals surface area contributed by atoms with Crippen molar-refractivity contribution in [2.75, 3.05) is 10.2 Å². The number of urea groups is 1. The van der Waals surface area contributed by atoms with Gasteiger partial charge in [0.1, 0.15) is 10.6 Å². The van der Waals surface area contributed by atoms with Gasteiger partial charge >= 0.3 is 6.03 Å². The number of aromatic nitrogens is 1. The summed E-state index contributed by atoms with van der Waals surface area (Å²) >= 11 is 1.63. The summed E-state index contributed by atoms with van der Waals surface area (Å²) in [5.74, 6) is -1.59. The highest BCUT2D eigenvalue weighted by Gasteiger charge is 2.37. The van der Waals surface area contributed by atoms with Gasteiger partial charge < -0.3 is 9.88 Å². The molecule has 1 fully saturated rings. The summed E-state index contributed by atoms with van der Waals surface area (Å²) < 4.78 is 2.03. The first-order chi connectivity index (χ1) is 20.2. The molecule has 0 saturated carbocycles. The number of nitrogens with zero attached hydrogens (tertiary/aromatic N) is 2. The summed E-state index contributed by atoms with van der Waals surface area (Å²) in [4.78, 5) is 54.8. The fraction of sp³-hybridized carbons (Fsp3) is 0.212. The number of fused-ring (bicyclic) bond motifs is 1. The van der Waals surface area contributed by atoms with E-state index in [4.69, 9.17) is 0 Å². The van der Waals surface area contributed by atoms with E-state index in [0.29, 0.717) is 16.8 Å². The molecule has 42 heavy (non-hydrogen) atoms. The number of barbiturate groups is 1. The number of carbonyl (C=O) groups excluding carboxylic acids is 4. The van der Waals surface area contributed by atoms with Crippen molar-refractivity contribution in [3.63, 3.8) is 0 Å². The maximum Gasteiger partial charge on any atom is 0.335 e. The van der Waals surface area contributed by atoms with E-state index in [1.165, 1.54) is 11.0 Å². The summed E-state index contributed by atoms with van der Waals surface area (Å²) in [5, 5.41) is 6.20. The van der Waals surface area contributed by atoms with Gasteiger partial charge in [-0.1, -0.05) is 35.9 Å². The molecule has 1 aliphatic heterocycles. The summed E-state index contributed by atoms with van der Waals surface area (Å²) in [5.41, 5.74) is 6.15. The second kappa shape index (κ2) is 10.9. The molecule has 0 unspecified atom stereocenters. The van der Waals surface area contributed by atoms with Gasteiger partial charge in [0.15, 0.2) is 0 Å². The molecule has 9 heteroatoms. The smallest absolute Gasteiger partial charge is 0.322 e. The van der Waals surface area contributed by atoms with Gasteiger partial charge in [0.05, 0.1) is 11.3 Å². The first-order valence-electron chi connectivity index (χ1n) is 13.9. The number of para-hydroxylation sites is 1. The van der Waals surface area contributed by atoms with Gasteiger partial charge in [-0.15, -0.1) is 11.3 Å². The molecule has 0 bridgehead atoms. The van der Waals surface area contributed by atoms with Gasteiger partial charge in [-0.05, 0) is 94.0 Å². The number of amides is 5. The number of imide groups is 2. The van der Waals surface area contributed by atoms with Crippen LogP contribution in [0.4, 0.5) is 16.2 Å². The zero-order valence-electron chi connectivity index (χ0n) is 23.6. The molecular formula is C33H30N4O4S. The van der Waals surface area contributed by atoms with Gasteiger partial charge in [-0.3, -0.25) is 19.7 Å². The number of nitrogens with one attached hydrogen (secondary N) is 2. The molecule has 6 rings (SSSR count). The van der Waals surface area contributed by atoms with Crippen LogP contribution in [-0.4, -0.2) is 28.3 Å². The second-order valence-electron chi connectivity index (χ2n) is 10.7. The van der Waals surface area contributed by atoms with E-state index in [1.54, 1.807) is 41.7 Å². The number of anilines is 2.